The Hall–Kier alpha value is -3.76. The number of aromatic nitrogens is 7. The molecule has 11 heteroatoms. The third-order valence-corrected chi connectivity index (χ3v) is 6.63. The van der Waals surface area contributed by atoms with Crippen LogP contribution in [-0.2, 0) is 6.18 Å². The predicted molar refractivity (Wildman–Crippen MR) is 118 cm³/mol. The monoisotopic (exact) mass is 466 g/mol. The van der Waals surface area contributed by atoms with Gasteiger partial charge in [0.2, 0.25) is 5.95 Å². The normalized spacial score (nSPS) is 17.9. The molecule has 1 atom stereocenters. The number of nitrogens with zero attached hydrogens (tertiary/aromatic N) is 8. The van der Waals surface area contributed by atoms with E-state index in [0.29, 0.717) is 23.4 Å². The van der Waals surface area contributed by atoms with Crippen LogP contribution in [-0.4, -0.2) is 40.3 Å². The van der Waals surface area contributed by atoms with E-state index in [1.807, 2.05) is 4.57 Å². The van der Waals surface area contributed by atoms with E-state index in [2.05, 4.69) is 32.0 Å². The summed E-state index contributed by atoms with van der Waals surface area (Å²) in [7, 11) is 0. The molecular weight excluding hydrogens is 445 g/mol. The number of alkyl halides is 3. The minimum atomic E-state index is -4.39. The van der Waals surface area contributed by atoms with E-state index in [9.17, 15) is 13.2 Å². The summed E-state index contributed by atoms with van der Waals surface area (Å²) in [6, 6.07) is 5.36. The molecule has 6 rings (SSSR count). The average molecular weight is 466 g/mol. The van der Waals surface area contributed by atoms with Crippen LogP contribution in [0.1, 0.15) is 50.0 Å². The number of anilines is 1. The van der Waals surface area contributed by atoms with Crippen molar-refractivity contribution in [2.75, 3.05) is 4.90 Å². The number of hydrogen-bond acceptors (Lipinski definition) is 6. The average Bonchev–Trinajstić information content (AvgIpc) is 3.47. The second-order valence-electron chi connectivity index (χ2n) is 8.55. The molecule has 0 radical (unpaired) electrons. The Balaban J connectivity index is 1.44. The molecule has 1 saturated carbocycles. The van der Waals surface area contributed by atoms with E-state index in [0.717, 1.165) is 48.7 Å². The van der Waals surface area contributed by atoms with E-state index in [-0.39, 0.29) is 6.04 Å². The first-order valence-electron chi connectivity index (χ1n) is 11.2. The van der Waals surface area contributed by atoms with Gasteiger partial charge in [-0.3, -0.25) is 9.13 Å². The van der Waals surface area contributed by atoms with E-state index in [1.165, 1.54) is 18.6 Å². The largest absolute Gasteiger partial charge is 0.416 e. The maximum Gasteiger partial charge on any atom is 0.416 e. The van der Waals surface area contributed by atoms with Crippen LogP contribution < -0.4 is 4.90 Å². The molecule has 174 valence electrons. The number of imidazole rings is 1. The van der Waals surface area contributed by atoms with Crippen molar-refractivity contribution >= 4 is 5.82 Å². The first kappa shape index (κ1) is 20.8. The van der Waals surface area contributed by atoms with Gasteiger partial charge in [-0.05, 0) is 37.8 Å². The van der Waals surface area contributed by atoms with Crippen molar-refractivity contribution in [1.29, 1.82) is 0 Å². The lowest BCUT2D eigenvalue weighted by Crippen LogP contribution is -2.46. The zero-order valence-corrected chi connectivity index (χ0v) is 18.3. The van der Waals surface area contributed by atoms with Crippen molar-refractivity contribution in [2.24, 2.45) is 0 Å². The van der Waals surface area contributed by atoms with Crippen LogP contribution in [0.4, 0.5) is 19.0 Å². The van der Waals surface area contributed by atoms with Crippen LogP contribution in [0.5, 0.6) is 0 Å². The van der Waals surface area contributed by atoms with E-state index in [4.69, 9.17) is 4.98 Å². The summed E-state index contributed by atoms with van der Waals surface area (Å²) in [5.74, 6) is 2.56. The lowest BCUT2D eigenvalue weighted by Gasteiger charge is -2.45. The Morgan fingerprint density at radius 3 is 2.53 bits per heavy atom. The fraction of sp³-hybridized carbons (Fsp3) is 0.348. The summed E-state index contributed by atoms with van der Waals surface area (Å²) in [6.07, 6.45) is 6.56. The van der Waals surface area contributed by atoms with E-state index >= 15 is 0 Å². The number of fused-ring (bicyclic) bond motifs is 3. The van der Waals surface area contributed by atoms with Crippen LogP contribution in [0.3, 0.4) is 0 Å². The Labute approximate surface area is 193 Å². The van der Waals surface area contributed by atoms with Crippen molar-refractivity contribution < 1.29 is 13.2 Å². The summed E-state index contributed by atoms with van der Waals surface area (Å²) < 4.78 is 42.6. The van der Waals surface area contributed by atoms with Crippen molar-refractivity contribution in [1.82, 2.24) is 34.3 Å². The Kier molecular flexibility index (Phi) is 4.68. The molecule has 0 bridgehead atoms. The van der Waals surface area contributed by atoms with E-state index < -0.39 is 11.7 Å². The highest BCUT2D eigenvalue weighted by molar-refractivity contribution is 5.64. The molecule has 0 amide bonds. The van der Waals surface area contributed by atoms with Gasteiger partial charge in [0, 0.05) is 24.0 Å². The zero-order chi connectivity index (χ0) is 23.4. The van der Waals surface area contributed by atoms with Gasteiger partial charge in [-0.25, -0.2) is 9.97 Å². The Morgan fingerprint density at radius 1 is 1.06 bits per heavy atom. The van der Waals surface area contributed by atoms with Crippen LogP contribution in [0, 0.1) is 0 Å². The number of benzene rings is 1. The van der Waals surface area contributed by atoms with Crippen molar-refractivity contribution in [2.45, 2.75) is 50.9 Å². The Bertz CT molecular complexity index is 1340. The molecule has 1 aromatic carbocycles. The maximum atomic E-state index is 13.0. The minimum absolute atomic E-state index is 0.0558. The molecule has 1 aliphatic heterocycles. The first-order chi connectivity index (χ1) is 16.5. The number of rotatable bonds is 4. The topological polar surface area (TPSA) is 77.5 Å². The molecule has 3 aromatic heterocycles. The summed E-state index contributed by atoms with van der Waals surface area (Å²) >= 11 is 0. The molecule has 1 fully saturated rings. The van der Waals surface area contributed by atoms with Gasteiger partial charge in [0.1, 0.15) is 17.8 Å². The van der Waals surface area contributed by atoms with Crippen LogP contribution in [0.25, 0.3) is 23.0 Å². The third kappa shape index (κ3) is 3.17. The van der Waals surface area contributed by atoms with Gasteiger partial charge in [-0.2, -0.15) is 18.2 Å². The predicted octanol–water partition coefficient (Wildman–Crippen LogP) is 4.75. The molecule has 4 heterocycles. The Morgan fingerprint density at radius 2 is 1.85 bits per heavy atom. The molecule has 0 unspecified atom stereocenters. The van der Waals surface area contributed by atoms with Gasteiger partial charge in [0.25, 0.3) is 0 Å². The van der Waals surface area contributed by atoms with Gasteiger partial charge in [0.15, 0.2) is 11.6 Å². The van der Waals surface area contributed by atoms with Crippen LogP contribution in [0.2, 0.25) is 0 Å². The van der Waals surface area contributed by atoms with Gasteiger partial charge in [-0.1, -0.05) is 19.1 Å². The fourth-order valence-corrected chi connectivity index (χ4v) is 4.72. The fourth-order valence-electron chi connectivity index (χ4n) is 4.72. The summed E-state index contributed by atoms with van der Waals surface area (Å²) in [5.41, 5.74) is 0.658. The summed E-state index contributed by atoms with van der Waals surface area (Å²) in [6.45, 7) is 2.13. The number of halogens is 3. The first-order valence-corrected chi connectivity index (χ1v) is 11.2. The SMILES string of the molecule is CC[C@@H]1c2nncn2-c2cnc(-n3ccnc3-c3ccc(C(F)(F)F)cc3)nc2N1C1CCC1. The van der Waals surface area contributed by atoms with E-state index in [1.54, 1.807) is 29.5 Å². The molecule has 8 nitrogen and oxygen atoms in total. The minimum Gasteiger partial charge on any atom is -0.341 e. The molecule has 2 aliphatic rings. The second-order valence-corrected chi connectivity index (χ2v) is 8.55. The molecule has 0 spiro atoms. The van der Waals surface area contributed by atoms with Crippen LogP contribution in [0.15, 0.2) is 49.2 Å². The smallest absolute Gasteiger partial charge is 0.341 e. The lowest BCUT2D eigenvalue weighted by molar-refractivity contribution is -0.137. The molecule has 0 N–H and O–H groups in total. The van der Waals surface area contributed by atoms with Gasteiger partial charge in [0.05, 0.1) is 17.8 Å². The van der Waals surface area contributed by atoms with Gasteiger partial charge >= 0.3 is 6.18 Å². The number of hydrogen-bond donors (Lipinski definition) is 0. The third-order valence-electron chi connectivity index (χ3n) is 6.63. The second kappa shape index (κ2) is 7.64. The van der Waals surface area contributed by atoms with Gasteiger partial charge < -0.3 is 4.90 Å². The maximum absolute atomic E-state index is 13.0. The summed E-state index contributed by atoms with van der Waals surface area (Å²) in [5, 5.41) is 8.49. The highest BCUT2D eigenvalue weighted by Gasteiger charge is 2.39. The molecule has 34 heavy (non-hydrogen) atoms. The molecule has 1 aliphatic carbocycles. The lowest BCUT2D eigenvalue weighted by atomic mass is 9.89. The molecule has 0 saturated heterocycles. The van der Waals surface area contributed by atoms with Crippen LogP contribution >= 0.6 is 0 Å². The standard InChI is InChI=1S/C23H21F3N8/c1-2-17-21-31-29-13-33(21)18-12-28-22(30-20(18)34(17)16-4-3-5-16)32-11-10-27-19(32)14-6-8-15(9-7-14)23(24,25)26/h6-13,16-17H,2-5H2,1H3/t17-/m1/s1. The molecular formula is C23H21F3N8. The quantitative estimate of drug-likeness (QED) is 0.432. The highest BCUT2D eigenvalue weighted by Crippen LogP contribution is 2.43. The van der Waals surface area contributed by atoms with Gasteiger partial charge in [-0.15, -0.1) is 10.2 Å². The van der Waals surface area contributed by atoms with Crippen molar-refractivity contribution in [3.63, 3.8) is 0 Å². The zero-order valence-electron chi connectivity index (χ0n) is 18.3. The highest BCUT2D eigenvalue weighted by atomic mass is 19.4. The summed E-state index contributed by atoms with van der Waals surface area (Å²) in [4.78, 5) is 16.2. The molecule has 4 aromatic rings. The van der Waals surface area contributed by atoms with Crippen molar-refractivity contribution in [3.05, 3.63) is 60.6 Å². The van der Waals surface area contributed by atoms with Crippen molar-refractivity contribution in [3.8, 4) is 23.0 Å².